The molecule has 1 saturated heterocycles. The minimum atomic E-state index is -1.07. The number of pyridine rings is 1. The summed E-state index contributed by atoms with van der Waals surface area (Å²) in [5.41, 5.74) is 7.77. The van der Waals surface area contributed by atoms with Crippen molar-refractivity contribution >= 4 is 17.5 Å². The van der Waals surface area contributed by atoms with Crippen LogP contribution in [0.4, 0.5) is 19.4 Å². The van der Waals surface area contributed by atoms with E-state index in [1.165, 1.54) is 12.1 Å². The van der Waals surface area contributed by atoms with Gasteiger partial charge in [0.05, 0.1) is 5.56 Å². The van der Waals surface area contributed by atoms with E-state index in [2.05, 4.69) is 26.6 Å². The van der Waals surface area contributed by atoms with Crippen molar-refractivity contribution in [2.45, 2.75) is 32.8 Å². The molecule has 5 rings (SSSR count). The second kappa shape index (κ2) is 8.40. The van der Waals surface area contributed by atoms with E-state index in [-0.39, 0.29) is 35.3 Å². The lowest BCUT2D eigenvalue weighted by molar-refractivity contribution is 0.0285. The molecule has 11 heteroatoms. The van der Waals surface area contributed by atoms with E-state index in [9.17, 15) is 13.6 Å². The average molecular weight is 482 g/mol. The molecule has 1 amide bonds. The predicted molar refractivity (Wildman–Crippen MR) is 124 cm³/mol. The lowest BCUT2D eigenvalue weighted by atomic mass is 9.98. The molecule has 1 aromatic carbocycles. The highest BCUT2D eigenvalue weighted by atomic mass is 19.2. The van der Waals surface area contributed by atoms with Crippen molar-refractivity contribution in [1.29, 1.82) is 0 Å². The molecule has 3 heterocycles. The van der Waals surface area contributed by atoms with Crippen molar-refractivity contribution in [3.8, 4) is 17.1 Å². The van der Waals surface area contributed by atoms with Gasteiger partial charge in [-0.15, -0.1) is 5.10 Å². The zero-order valence-electron chi connectivity index (χ0n) is 19.6. The zero-order valence-corrected chi connectivity index (χ0v) is 19.6. The van der Waals surface area contributed by atoms with Crippen LogP contribution in [0, 0.1) is 23.5 Å². The number of amides is 1. The number of aromatic nitrogens is 5. The van der Waals surface area contributed by atoms with Crippen LogP contribution in [0.3, 0.4) is 0 Å². The predicted octanol–water partition coefficient (Wildman–Crippen LogP) is 3.85. The molecule has 0 saturated carbocycles. The number of rotatable bonds is 3. The van der Waals surface area contributed by atoms with Crippen LogP contribution in [-0.2, 0) is 4.74 Å². The Morgan fingerprint density at radius 3 is 2.77 bits per heavy atom. The van der Waals surface area contributed by atoms with E-state index in [0.717, 1.165) is 28.3 Å². The number of ether oxygens (including phenoxy) is 1. The van der Waals surface area contributed by atoms with E-state index >= 15 is 0 Å². The topological polar surface area (TPSA) is 112 Å². The number of likely N-dealkylation sites (tertiary alicyclic amines) is 1. The smallest absolute Gasteiger partial charge is 0.410 e. The molecule has 3 aromatic rings. The van der Waals surface area contributed by atoms with Crippen LogP contribution >= 0.6 is 0 Å². The number of allylic oxidation sites excluding steroid dienone is 1. The third kappa shape index (κ3) is 4.33. The van der Waals surface area contributed by atoms with Gasteiger partial charge in [0.25, 0.3) is 0 Å². The highest BCUT2D eigenvalue weighted by Crippen LogP contribution is 2.42. The highest BCUT2D eigenvalue weighted by Gasteiger charge is 2.40. The van der Waals surface area contributed by atoms with Crippen LogP contribution in [-0.4, -0.2) is 54.9 Å². The maximum Gasteiger partial charge on any atom is 0.410 e. The summed E-state index contributed by atoms with van der Waals surface area (Å²) in [5, 5.41) is 11.5. The highest BCUT2D eigenvalue weighted by molar-refractivity contribution is 5.77. The van der Waals surface area contributed by atoms with Gasteiger partial charge in [-0.3, -0.25) is 0 Å². The number of tetrazole rings is 1. The fourth-order valence-electron chi connectivity index (χ4n) is 4.60. The molecule has 0 radical (unpaired) electrons. The van der Waals surface area contributed by atoms with Crippen LogP contribution in [0.15, 0.2) is 36.5 Å². The van der Waals surface area contributed by atoms with Gasteiger partial charge in [-0.05, 0) is 78.8 Å². The molecule has 35 heavy (non-hydrogen) atoms. The van der Waals surface area contributed by atoms with Crippen molar-refractivity contribution in [3.63, 3.8) is 0 Å². The normalized spacial score (nSPS) is 19.6. The third-order valence-corrected chi connectivity index (χ3v) is 6.20. The van der Waals surface area contributed by atoms with Gasteiger partial charge in [0.15, 0.2) is 17.5 Å². The van der Waals surface area contributed by atoms with Crippen molar-refractivity contribution in [2.75, 3.05) is 18.8 Å². The summed E-state index contributed by atoms with van der Waals surface area (Å²) < 4.78 is 34.8. The van der Waals surface area contributed by atoms with E-state index in [0.29, 0.717) is 18.7 Å². The van der Waals surface area contributed by atoms with E-state index in [4.69, 9.17) is 10.5 Å². The molecule has 2 N–H and O–H groups in total. The molecule has 2 atom stereocenters. The number of carbonyl (C=O) groups excluding carboxylic acids is 1. The third-order valence-electron chi connectivity index (χ3n) is 6.20. The number of fused-ring (bicyclic) bond motifs is 1. The number of hydrogen-bond donors (Lipinski definition) is 1. The molecule has 0 bridgehead atoms. The largest absolute Gasteiger partial charge is 0.444 e. The average Bonchev–Trinajstić information content (AvgIpc) is 3.50. The number of benzene rings is 1. The van der Waals surface area contributed by atoms with Crippen LogP contribution in [0.2, 0.25) is 0 Å². The van der Waals surface area contributed by atoms with E-state index in [1.54, 1.807) is 17.2 Å². The SMILES string of the molecule is CC(C)(C)OC(=O)N1CC2C=C(c3cnc(N)c(-c4nnnn4-c4cccc(F)c4F)c3)CC2C1. The molecule has 9 nitrogen and oxygen atoms in total. The van der Waals surface area contributed by atoms with Gasteiger partial charge >= 0.3 is 6.09 Å². The molecule has 1 aliphatic heterocycles. The Balaban J connectivity index is 1.41. The van der Waals surface area contributed by atoms with E-state index in [1.807, 2.05) is 20.8 Å². The Kier molecular flexibility index (Phi) is 5.49. The number of nitrogens with zero attached hydrogens (tertiary/aromatic N) is 6. The van der Waals surface area contributed by atoms with E-state index < -0.39 is 17.2 Å². The Hall–Kier alpha value is -3.89. The van der Waals surface area contributed by atoms with Crippen LogP contribution in [0.25, 0.3) is 22.6 Å². The Morgan fingerprint density at radius 2 is 2.03 bits per heavy atom. The molecule has 1 aliphatic carbocycles. The van der Waals surface area contributed by atoms with Crippen molar-refractivity contribution in [2.24, 2.45) is 11.8 Å². The van der Waals surface area contributed by atoms with Crippen molar-refractivity contribution in [3.05, 3.63) is 53.7 Å². The standard InChI is InChI=1S/C24H25F2N7O2/c1-24(2,3)35-23(34)32-11-15-7-13(8-16(15)12-32)14-9-17(21(27)28-10-14)22-29-30-31-33(22)19-6-4-5-18(25)20(19)26/h4-7,9-10,15-16H,8,11-12H2,1-3H3,(H2,27,28). The maximum absolute atomic E-state index is 14.4. The minimum Gasteiger partial charge on any atom is -0.444 e. The Bertz CT molecular complexity index is 1330. The molecule has 2 unspecified atom stereocenters. The number of halogens is 2. The van der Waals surface area contributed by atoms with Crippen LogP contribution in [0.1, 0.15) is 32.8 Å². The van der Waals surface area contributed by atoms with Gasteiger partial charge < -0.3 is 15.4 Å². The van der Waals surface area contributed by atoms with Gasteiger partial charge in [-0.1, -0.05) is 12.1 Å². The Labute approximate surface area is 200 Å². The number of hydrogen-bond acceptors (Lipinski definition) is 7. The molecule has 182 valence electrons. The van der Waals surface area contributed by atoms with Gasteiger partial charge in [0, 0.05) is 19.3 Å². The first-order valence-corrected chi connectivity index (χ1v) is 11.3. The second-order valence-corrected chi connectivity index (χ2v) is 9.85. The van der Waals surface area contributed by atoms with Gasteiger partial charge in [0.2, 0.25) is 0 Å². The lowest BCUT2D eigenvalue weighted by Gasteiger charge is -2.24. The number of nitrogen functional groups attached to an aromatic ring is 1. The fraction of sp³-hybridized carbons (Fsp3) is 0.375. The summed E-state index contributed by atoms with van der Waals surface area (Å²) >= 11 is 0. The molecule has 0 spiro atoms. The first kappa shape index (κ1) is 22.9. The van der Waals surface area contributed by atoms with Gasteiger partial charge in [0.1, 0.15) is 17.1 Å². The summed E-state index contributed by atoms with van der Waals surface area (Å²) in [5.74, 6) is -1.26. The summed E-state index contributed by atoms with van der Waals surface area (Å²) in [4.78, 5) is 18.5. The molecular formula is C24H25F2N7O2. The number of nitrogens with two attached hydrogens (primary N) is 1. The Morgan fingerprint density at radius 1 is 1.23 bits per heavy atom. The summed E-state index contributed by atoms with van der Waals surface area (Å²) in [7, 11) is 0. The van der Waals surface area contributed by atoms with Crippen LogP contribution < -0.4 is 5.73 Å². The first-order valence-electron chi connectivity index (χ1n) is 11.3. The monoisotopic (exact) mass is 481 g/mol. The van der Waals surface area contributed by atoms with Crippen molar-refractivity contribution in [1.82, 2.24) is 30.1 Å². The molecule has 1 fully saturated rings. The molecular weight excluding hydrogens is 456 g/mol. The molecule has 2 aliphatic rings. The summed E-state index contributed by atoms with van der Waals surface area (Å²) in [6, 6.07) is 5.58. The van der Waals surface area contributed by atoms with Crippen LogP contribution in [0.5, 0.6) is 0 Å². The number of anilines is 1. The van der Waals surface area contributed by atoms with Gasteiger partial charge in [-0.25, -0.2) is 18.6 Å². The zero-order chi connectivity index (χ0) is 24.9. The molecule has 2 aromatic heterocycles. The minimum absolute atomic E-state index is 0.133. The quantitative estimate of drug-likeness (QED) is 0.605. The maximum atomic E-state index is 14.4. The van der Waals surface area contributed by atoms with Gasteiger partial charge in [-0.2, -0.15) is 4.68 Å². The number of carbonyl (C=O) groups is 1. The summed E-state index contributed by atoms with van der Waals surface area (Å²) in [6.45, 7) is 6.76. The summed E-state index contributed by atoms with van der Waals surface area (Å²) in [6.07, 6.45) is 4.29. The lowest BCUT2D eigenvalue weighted by Crippen LogP contribution is -2.35. The van der Waals surface area contributed by atoms with Crippen molar-refractivity contribution < 1.29 is 18.3 Å². The second-order valence-electron chi connectivity index (χ2n) is 9.85. The fourth-order valence-corrected chi connectivity index (χ4v) is 4.60. The first-order chi connectivity index (χ1) is 16.6.